The molecule has 18 heavy (non-hydrogen) atoms. The smallest absolute Gasteiger partial charge is 0.0696 e. The topological polar surface area (TPSA) is 23.8 Å². The fourth-order valence-electron chi connectivity index (χ4n) is 6.18. The Kier molecular flexibility index (Phi) is 2.54. The molecule has 4 bridgehead atoms. The lowest BCUT2D eigenvalue weighted by Gasteiger charge is -2.62. The maximum atomic E-state index is 9.94. The number of rotatable bonds is 1. The molecule has 0 N–H and O–H groups in total. The van der Waals surface area contributed by atoms with Gasteiger partial charge in [0.05, 0.1) is 11.5 Å². The molecule has 0 aromatic rings. The Labute approximate surface area is 115 Å². The standard InChI is InChI=1S/C16H23NS/c17-11-15(1-3-18-4-2-15)16-8-12-5-13(9-16)7-14(6-12)10-16/h12-14H,1-10H2. The van der Waals surface area contributed by atoms with E-state index in [0.29, 0.717) is 5.41 Å². The quantitative estimate of drug-likeness (QED) is 0.705. The molecule has 1 heterocycles. The molecule has 2 heteroatoms. The number of hydrogen-bond donors (Lipinski definition) is 0. The SMILES string of the molecule is N#CC1(C23CC4CC(CC(C4)C2)C3)CCSCC1. The summed E-state index contributed by atoms with van der Waals surface area (Å²) < 4.78 is 0. The lowest BCUT2D eigenvalue weighted by atomic mass is 9.42. The molecule has 0 unspecified atom stereocenters. The van der Waals surface area contributed by atoms with Crippen molar-refractivity contribution < 1.29 is 0 Å². The molecule has 4 aliphatic carbocycles. The molecular formula is C16H23NS. The molecule has 1 aliphatic heterocycles. The number of nitriles is 1. The maximum Gasteiger partial charge on any atom is 0.0696 e. The second-order valence-corrected chi connectivity index (χ2v) is 8.73. The van der Waals surface area contributed by atoms with E-state index in [2.05, 4.69) is 17.8 Å². The van der Waals surface area contributed by atoms with Gasteiger partial charge in [-0.2, -0.15) is 17.0 Å². The minimum atomic E-state index is 0.0637. The highest BCUT2D eigenvalue weighted by atomic mass is 32.2. The van der Waals surface area contributed by atoms with Crippen molar-refractivity contribution in [3.8, 4) is 6.07 Å². The van der Waals surface area contributed by atoms with Crippen LogP contribution in [0.1, 0.15) is 51.4 Å². The van der Waals surface area contributed by atoms with Crippen molar-refractivity contribution in [2.75, 3.05) is 11.5 Å². The first-order valence-electron chi connectivity index (χ1n) is 7.74. The van der Waals surface area contributed by atoms with E-state index in [1.807, 2.05) is 0 Å². The van der Waals surface area contributed by atoms with Gasteiger partial charge in [0, 0.05) is 0 Å². The summed E-state index contributed by atoms with van der Waals surface area (Å²) in [6.45, 7) is 0. The van der Waals surface area contributed by atoms with Crippen LogP contribution in [0.2, 0.25) is 0 Å². The van der Waals surface area contributed by atoms with Crippen LogP contribution in [0.4, 0.5) is 0 Å². The Morgan fingerprint density at radius 2 is 1.39 bits per heavy atom. The van der Waals surface area contributed by atoms with Crippen LogP contribution in [0, 0.1) is 39.9 Å². The van der Waals surface area contributed by atoms with Crippen LogP contribution < -0.4 is 0 Å². The third-order valence-electron chi connectivity index (χ3n) is 6.61. The predicted molar refractivity (Wildman–Crippen MR) is 75.2 cm³/mol. The van der Waals surface area contributed by atoms with Gasteiger partial charge in [-0.05, 0) is 86.0 Å². The van der Waals surface area contributed by atoms with Crippen molar-refractivity contribution in [3.63, 3.8) is 0 Å². The van der Waals surface area contributed by atoms with Crippen LogP contribution in [0.15, 0.2) is 0 Å². The van der Waals surface area contributed by atoms with Crippen LogP contribution in [0.5, 0.6) is 0 Å². The van der Waals surface area contributed by atoms with Crippen LogP contribution in [-0.4, -0.2) is 11.5 Å². The first-order chi connectivity index (χ1) is 8.75. The summed E-state index contributed by atoms with van der Waals surface area (Å²) in [5.74, 6) is 5.41. The van der Waals surface area contributed by atoms with Crippen molar-refractivity contribution in [2.24, 2.45) is 28.6 Å². The average Bonchev–Trinajstić information content (AvgIpc) is 2.38. The van der Waals surface area contributed by atoms with Gasteiger partial charge in [-0.15, -0.1) is 0 Å². The van der Waals surface area contributed by atoms with E-state index in [1.54, 1.807) is 0 Å². The zero-order chi connectivity index (χ0) is 12.2. The van der Waals surface area contributed by atoms with Gasteiger partial charge in [-0.1, -0.05) is 0 Å². The summed E-state index contributed by atoms with van der Waals surface area (Å²) >= 11 is 2.07. The van der Waals surface area contributed by atoms with Crippen molar-refractivity contribution in [1.29, 1.82) is 5.26 Å². The summed E-state index contributed by atoms with van der Waals surface area (Å²) in [5, 5.41) is 9.94. The largest absolute Gasteiger partial charge is 0.198 e. The van der Waals surface area contributed by atoms with Gasteiger partial charge in [-0.3, -0.25) is 0 Å². The molecule has 0 amide bonds. The lowest BCUT2D eigenvalue weighted by molar-refractivity contribution is -0.114. The fourth-order valence-corrected chi connectivity index (χ4v) is 7.37. The van der Waals surface area contributed by atoms with Crippen LogP contribution >= 0.6 is 11.8 Å². The van der Waals surface area contributed by atoms with Crippen LogP contribution in [0.3, 0.4) is 0 Å². The first kappa shape index (κ1) is 11.6. The minimum Gasteiger partial charge on any atom is -0.198 e. The van der Waals surface area contributed by atoms with Gasteiger partial charge >= 0.3 is 0 Å². The van der Waals surface area contributed by atoms with E-state index < -0.39 is 0 Å². The van der Waals surface area contributed by atoms with E-state index in [9.17, 15) is 5.26 Å². The third kappa shape index (κ3) is 1.46. The average molecular weight is 261 g/mol. The molecule has 0 aromatic carbocycles. The van der Waals surface area contributed by atoms with Crippen molar-refractivity contribution in [3.05, 3.63) is 0 Å². The predicted octanol–water partition coefficient (Wildman–Crippen LogP) is 4.24. The summed E-state index contributed by atoms with van der Waals surface area (Å²) in [5.41, 5.74) is 0.506. The second kappa shape index (κ2) is 3.92. The summed E-state index contributed by atoms with van der Waals surface area (Å²) in [7, 11) is 0. The Bertz CT molecular complexity index is 353. The minimum absolute atomic E-state index is 0.0637. The first-order valence-corrected chi connectivity index (χ1v) is 8.90. The van der Waals surface area contributed by atoms with E-state index in [1.165, 1.54) is 62.9 Å². The van der Waals surface area contributed by atoms with E-state index in [-0.39, 0.29) is 5.41 Å². The van der Waals surface area contributed by atoms with E-state index >= 15 is 0 Å². The molecule has 0 atom stereocenters. The summed E-state index contributed by atoms with van der Waals surface area (Å²) in [4.78, 5) is 0. The molecule has 5 rings (SSSR count). The highest BCUT2D eigenvalue weighted by molar-refractivity contribution is 7.99. The van der Waals surface area contributed by atoms with Gasteiger partial charge in [0.1, 0.15) is 0 Å². The molecule has 5 fully saturated rings. The van der Waals surface area contributed by atoms with Gasteiger partial charge in [-0.25, -0.2) is 0 Å². The number of thioether (sulfide) groups is 1. The Hall–Kier alpha value is -0.160. The van der Waals surface area contributed by atoms with E-state index in [0.717, 1.165) is 17.8 Å². The monoisotopic (exact) mass is 261 g/mol. The highest BCUT2D eigenvalue weighted by Crippen LogP contribution is 2.68. The maximum absolute atomic E-state index is 9.94. The van der Waals surface area contributed by atoms with Gasteiger partial charge in [0.15, 0.2) is 0 Å². The molecule has 1 saturated heterocycles. The normalized spacial score (nSPS) is 48.9. The van der Waals surface area contributed by atoms with Crippen molar-refractivity contribution in [1.82, 2.24) is 0 Å². The van der Waals surface area contributed by atoms with Gasteiger partial charge < -0.3 is 0 Å². The lowest BCUT2D eigenvalue weighted by Crippen LogP contribution is -2.55. The van der Waals surface area contributed by atoms with Crippen LogP contribution in [0.25, 0.3) is 0 Å². The zero-order valence-electron chi connectivity index (χ0n) is 11.2. The van der Waals surface area contributed by atoms with Crippen molar-refractivity contribution in [2.45, 2.75) is 51.4 Å². The summed E-state index contributed by atoms with van der Waals surface area (Å²) in [6, 6.07) is 2.86. The van der Waals surface area contributed by atoms with Crippen molar-refractivity contribution >= 4 is 11.8 Å². The molecule has 4 saturated carbocycles. The van der Waals surface area contributed by atoms with Gasteiger partial charge in [0.2, 0.25) is 0 Å². The Morgan fingerprint density at radius 1 is 0.889 bits per heavy atom. The summed E-state index contributed by atoms with van der Waals surface area (Å²) in [6.07, 6.45) is 11.0. The second-order valence-electron chi connectivity index (χ2n) is 7.50. The zero-order valence-corrected chi connectivity index (χ0v) is 12.0. The fraction of sp³-hybridized carbons (Fsp3) is 0.938. The Balaban J connectivity index is 1.72. The van der Waals surface area contributed by atoms with Gasteiger partial charge in [0.25, 0.3) is 0 Å². The van der Waals surface area contributed by atoms with Crippen LogP contribution in [-0.2, 0) is 0 Å². The molecule has 0 radical (unpaired) electrons. The third-order valence-corrected chi connectivity index (χ3v) is 7.60. The van der Waals surface area contributed by atoms with E-state index in [4.69, 9.17) is 0 Å². The molecule has 5 aliphatic rings. The molecule has 1 nitrogen and oxygen atoms in total. The molecular weight excluding hydrogens is 238 g/mol. The molecule has 98 valence electrons. The molecule has 0 aromatic heterocycles. The number of hydrogen-bond acceptors (Lipinski definition) is 2. The number of nitrogens with zero attached hydrogens (tertiary/aromatic N) is 1. The highest BCUT2D eigenvalue weighted by Gasteiger charge is 2.60. The Morgan fingerprint density at radius 3 is 1.83 bits per heavy atom. The molecule has 0 spiro atoms.